The zero-order chi connectivity index (χ0) is 13.8. The molecule has 5 heteroatoms. The van der Waals surface area contributed by atoms with Gasteiger partial charge in [-0.2, -0.15) is 0 Å². The highest BCUT2D eigenvalue weighted by atomic mass is 19.1. The minimum atomic E-state index is -0.723. The third-order valence-corrected chi connectivity index (χ3v) is 2.52. The van der Waals surface area contributed by atoms with Crippen LogP contribution in [0.15, 0.2) is 36.4 Å². The Hall–Kier alpha value is -2.01. The molecule has 19 heavy (non-hydrogen) atoms. The SMILES string of the molecule is OCc1cc(F)cc(OCc2ccc(F)cc2F)c1. The maximum atomic E-state index is 13.3. The second-order valence-electron chi connectivity index (χ2n) is 3.98. The maximum absolute atomic E-state index is 13.3. The van der Waals surface area contributed by atoms with Crippen LogP contribution in [-0.4, -0.2) is 5.11 Å². The molecule has 2 rings (SSSR count). The lowest BCUT2D eigenvalue weighted by Gasteiger charge is -2.08. The first-order chi connectivity index (χ1) is 9.08. The van der Waals surface area contributed by atoms with Gasteiger partial charge in [-0.1, -0.05) is 0 Å². The Bertz CT molecular complexity index is 585. The molecule has 0 amide bonds. The zero-order valence-corrected chi connectivity index (χ0v) is 9.87. The third-order valence-electron chi connectivity index (χ3n) is 2.52. The molecule has 2 aromatic carbocycles. The molecule has 0 aromatic heterocycles. The van der Waals surface area contributed by atoms with E-state index in [9.17, 15) is 13.2 Å². The van der Waals surface area contributed by atoms with E-state index in [2.05, 4.69) is 0 Å². The van der Waals surface area contributed by atoms with Crippen LogP contribution >= 0.6 is 0 Å². The van der Waals surface area contributed by atoms with Crippen molar-refractivity contribution in [3.63, 3.8) is 0 Å². The molecular formula is C14H11F3O2. The first-order valence-electron chi connectivity index (χ1n) is 5.55. The molecule has 2 nitrogen and oxygen atoms in total. The molecule has 0 aliphatic carbocycles. The largest absolute Gasteiger partial charge is 0.489 e. The lowest BCUT2D eigenvalue weighted by molar-refractivity contribution is 0.275. The number of hydrogen-bond donors (Lipinski definition) is 1. The molecule has 2 aromatic rings. The van der Waals surface area contributed by atoms with Crippen LogP contribution in [0, 0.1) is 17.5 Å². The predicted octanol–water partition coefficient (Wildman–Crippen LogP) is 3.18. The molecule has 0 atom stereocenters. The zero-order valence-electron chi connectivity index (χ0n) is 9.87. The third kappa shape index (κ3) is 3.48. The molecule has 0 saturated heterocycles. The van der Waals surface area contributed by atoms with Crippen molar-refractivity contribution in [1.29, 1.82) is 0 Å². The van der Waals surface area contributed by atoms with Gasteiger partial charge >= 0.3 is 0 Å². The van der Waals surface area contributed by atoms with Crippen molar-refractivity contribution in [2.24, 2.45) is 0 Å². The fourth-order valence-electron chi connectivity index (χ4n) is 1.60. The van der Waals surface area contributed by atoms with Gasteiger partial charge in [0, 0.05) is 17.7 Å². The first kappa shape index (κ1) is 13.4. The van der Waals surface area contributed by atoms with Crippen LogP contribution in [0.4, 0.5) is 13.2 Å². The number of ether oxygens (including phenoxy) is 1. The number of rotatable bonds is 4. The number of hydrogen-bond acceptors (Lipinski definition) is 2. The van der Waals surface area contributed by atoms with Crippen LogP contribution in [0.1, 0.15) is 11.1 Å². The van der Waals surface area contributed by atoms with Crippen LogP contribution in [0.25, 0.3) is 0 Å². The van der Waals surface area contributed by atoms with Crippen LogP contribution in [-0.2, 0) is 13.2 Å². The number of aliphatic hydroxyl groups is 1. The molecule has 0 heterocycles. The number of halogens is 3. The molecule has 100 valence electrons. The quantitative estimate of drug-likeness (QED) is 0.922. The fraction of sp³-hybridized carbons (Fsp3) is 0.143. The Morgan fingerprint density at radius 1 is 0.947 bits per heavy atom. The summed E-state index contributed by atoms with van der Waals surface area (Å²) >= 11 is 0. The highest BCUT2D eigenvalue weighted by molar-refractivity contribution is 5.29. The van der Waals surface area contributed by atoms with Gasteiger partial charge in [0.25, 0.3) is 0 Å². The minimum absolute atomic E-state index is 0.152. The second-order valence-corrected chi connectivity index (χ2v) is 3.98. The topological polar surface area (TPSA) is 29.5 Å². The Morgan fingerprint density at radius 2 is 1.74 bits per heavy atom. The van der Waals surface area contributed by atoms with Crippen molar-refractivity contribution in [2.45, 2.75) is 13.2 Å². The van der Waals surface area contributed by atoms with Gasteiger partial charge in [-0.15, -0.1) is 0 Å². The van der Waals surface area contributed by atoms with Gasteiger partial charge in [0.1, 0.15) is 29.8 Å². The van der Waals surface area contributed by atoms with E-state index in [0.29, 0.717) is 5.56 Å². The van der Waals surface area contributed by atoms with Crippen LogP contribution in [0.2, 0.25) is 0 Å². The summed E-state index contributed by atoms with van der Waals surface area (Å²) in [5, 5.41) is 8.92. The molecule has 0 saturated carbocycles. The number of benzene rings is 2. The summed E-state index contributed by atoms with van der Waals surface area (Å²) in [6.45, 7) is -0.473. The van der Waals surface area contributed by atoms with E-state index in [0.717, 1.165) is 18.2 Å². The first-order valence-corrected chi connectivity index (χ1v) is 5.55. The van der Waals surface area contributed by atoms with Crippen molar-refractivity contribution >= 4 is 0 Å². The van der Waals surface area contributed by atoms with Crippen molar-refractivity contribution in [3.05, 3.63) is 65.0 Å². The van der Waals surface area contributed by atoms with E-state index in [4.69, 9.17) is 9.84 Å². The van der Waals surface area contributed by atoms with Gasteiger partial charge in [0.15, 0.2) is 0 Å². The summed E-state index contributed by atoms with van der Waals surface area (Å²) in [6.07, 6.45) is 0. The van der Waals surface area contributed by atoms with Crippen LogP contribution < -0.4 is 4.74 Å². The van der Waals surface area contributed by atoms with Gasteiger partial charge in [-0.25, -0.2) is 13.2 Å². The summed E-state index contributed by atoms with van der Waals surface area (Å²) in [5.41, 5.74) is 0.519. The van der Waals surface area contributed by atoms with Gasteiger partial charge in [0.05, 0.1) is 6.61 Å². The molecule has 0 unspecified atom stereocenters. The Labute approximate surface area is 108 Å². The van der Waals surface area contributed by atoms with E-state index in [1.54, 1.807) is 0 Å². The van der Waals surface area contributed by atoms with E-state index >= 15 is 0 Å². The fourth-order valence-corrected chi connectivity index (χ4v) is 1.60. The summed E-state index contributed by atoms with van der Waals surface area (Å²) < 4.78 is 44.4. The molecule has 1 N–H and O–H groups in total. The summed E-state index contributed by atoms with van der Waals surface area (Å²) in [7, 11) is 0. The lowest BCUT2D eigenvalue weighted by Crippen LogP contribution is -2.00. The second kappa shape index (κ2) is 5.75. The van der Waals surface area contributed by atoms with Crippen LogP contribution in [0.5, 0.6) is 5.75 Å². The molecule has 0 aliphatic heterocycles. The van der Waals surface area contributed by atoms with E-state index < -0.39 is 17.5 Å². The molecule has 0 fully saturated rings. The van der Waals surface area contributed by atoms with Crippen LogP contribution in [0.3, 0.4) is 0 Å². The highest BCUT2D eigenvalue weighted by Crippen LogP contribution is 2.19. The summed E-state index contributed by atoms with van der Waals surface area (Å²) in [6, 6.07) is 6.88. The standard InChI is InChI=1S/C14H11F3O2/c15-11-2-1-10(14(17)6-11)8-19-13-4-9(7-18)3-12(16)5-13/h1-6,18H,7-8H2. The average Bonchev–Trinajstić information content (AvgIpc) is 2.37. The Morgan fingerprint density at radius 3 is 2.42 bits per heavy atom. The average molecular weight is 268 g/mol. The Balaban J connectivity index is 2.12. The van der Waals surface area contributed by atoms with E-state index in [1.807, 2.05) is 0 Å². The van der Waals surface area contributed by atoms with E-state index in [1.165, 1.54) is 18.2 Å². The monoisotopic (exact) mass is 268 g/mol. The molecular weight excluding hydrogens is 257 g/mol. The normalized spacial score (nSPS) is 10.5. The van der Waals surface area contributed by atoms with Crippen molar-refractivity contribution < 1.29 is 23.0 Å². The number of aliphatic hydroxyl groups excluding tert-OH is 1. The van der Waals surface area contributed by atoms with Crippen molar-refractivity contribution in [3.8, 4) is 5.75 Å². The minimum Gasteiger partial charge on any atom is -0.489 e. The lowest BCUT2D eigenvalue weighted by atomic mass is 10.2. The Kier molecular flexibility index (Phi) is 4.06. The highest BCUT2D eigenvalue weighted by Gasteiger charge is 2.06. The van der Waals surface area contributed by atoms with Gasteiger partial charge in [0.2, 0.25) is 0 Å². The van der Waals surface area contributed by atoms with Gasteiger partial charge in [-0.05, 0) is 29.8 Å². The summed E-state index contributed by atoms with van der Waals surface area (Å²) in [5.74, 6) is -1.78. The molecule has 0 bridgehead atoms. The van der Waals surface area contributed by atoms with E-state index in [-0.39, 0.29) is 24.5 Å². The van der Waals surface area contributed by atoms with Gasteiger partial charge in [-0.3, -0.25) is 0 Å². The molecule has 0 aliphatic rings. The van der Waals surface area contributed by atoms with Crippen molar-refractivity contribution in [1.82, 2.24) is 0 Å². The van der Waals surface area contributed by atoms with Gasteiger partial charge < -0.3 is 9.84 Å². The maximum Gasteiger partial charge on any atom is 0.132 e. The van der Waals surface area contributed by atoms with Crippen molar-refractivity contribution in [2.75, 3.05) is 0 Å². The molecule has 0 radical (unpaired) electrons. The summed E-state index contributed by atoms with van der Waals surface area (Å²) in [4.78, 5) is 0. The smallest absolute Gasteiger partial charge is 0.132 e. The molecule has 0 spiro atoms. The predicted molar refractivity (Wildman–Crippen MR) is 63.0 cm³/mol.